The topological polar surface area (TPSA) is 110 Å². The summed E-state index contributed by atoms with van der Waals surface area (Å²) in [5.41, 5.74) is 0.296. The monoisotopic (exact) mass is 450 g/mol. The lowest BCUT2D eigenvalue weighted by Gasteiger charge is -2.41. The minimum absolute atomic E-state index is 0.00139. The highest BCUT2D eigenvalue weighted by Gasteiger charge is 2.54. The molecule has 1 saturated carbocycles. The normalized spacial score (nSPS) is 26.6. The SMILES string of the molecule is COc1ccc2c(c1)C(=O)N(CC1(C3CCC(Oc4ccccn4)CC3)NC(=O)NC1=O)C2. The number of amides is 4. The standard InChI is InChI=1S/C24H26N4O5/c1-32-18-8-5-15-13-28(21(29)19(15)12-18)14-24(22(30)26-23(31)27-24)16-6-9-17(10-7-16)33-20-4-2-3-11-25-20/h2-5,8,11-12,16-17H,6-7,9-10,13-14H2,1H3,(H2,26,27,30,31). The van der Waals surface area contributed by atoms with Crippen LogP contribution in [0.3, 0.4) is 0 Å². The first-order valence-electron chi connectivity index (χ1n) is 11.2. The van der Waals surface area contributed by atoms with Crippen molar-refractivity contribution in [3.8, 4) is 11.6 Å². The molecule has 1 aromatic heterocycles. The molecule has 5 rings (SSSR count). The Morgan fingerprint density at radius 3 is 2.61 bits per heavy atom. The Bertz CT molecular complexity index is 1080. The van der Waals surface area contributed by atoms with Crippen molar-refractivity contribution >= 4 is 17.8 Å². The third kappa shape index (κ3) is 3.88. The molecule has 2 aromatic rings. The Morgan fingerprint density at radius 1 is 1.12 bits per heavy atom. The lowest BCUT2D eigenvalue weighted by Crippen LogP contribution is -2.61. The molecule has 1 saturated heterocycles. The van der Waals surface area contributed by atoms with Gasteiger partial charge in [0, 0.05) is 24.4 Å². The van der Waals surface area contributed by atoms with Gasteiger partial charge in [-0.3, -0.25) is 14.9 Å². The number of urea groups is 1. The Kier molecular flexibility index (Phi) is 5.39. The number of nitrogens with zero attached hydrogens (tertiary/aromatic N) is 2. The van der Waals surface area contributed by atoms with Crippen molar-refractivity contribution in [2.24, 2.45) is 5.92 Å². The number of pyridine rings is 1. The van der Waals surface area contributed by atoms with Gasteiger partial charge >= 0.3 is 6.03 Å². The largest absolute Gasteiger partial charge is 0.497 e. The van der Waals surface area contributed by atoms with Crippen molar-refractivity contribution in [3.05, 3.63) is 53.7 Å². The zero-order valence-corrected chi connectivity index (χ0v) is 18.4. The minimum atomic E-state index is -1.16. The van der Waals surface area contributed by atoms with Crippen molar-refractivity contribution in [1.82, 2.24) is 20.5 Å². The molecule has 9 nitrogen and oxygen atoms in total. The van der Waals surface area contributed by atoms with Crippen molar-refractivity contribution in [1.29, 1.82) is 0 Å². The summed E-state index contributed by atoms with van der Waals surface area (Å²) in [5.74, 6) is 0.543. The zero-order chi connectivity index (χ0) is 23.0. The molecule has 1 atom stereocenters. The first kappa shape index (κ1) is 21.2. The third-order valence-corrected chi connectivity index (χ3v) is 6.90. The lowest BCUT2D eigenvalue weighted by atomic mass is 9.73. The second-order valence-corrected chi connectivity index (χ2v) is 8.82. The molecule has 0 spiro atoms. The van der Waals surface area contributed by atoms with E-state index in [4.69, 9.17) is 9.47 Å². The maximum absolute atomic E-state index is 13.1. The van der Waals surface area contributed by atoms with Crippen LogP contribution in [-0.4, -0.2) is 53.0 Å². The number of rotatable bonds is 6. The molecule has 1 aromatic carbocycles. The van der Waals surface area contributed by atoms with E-state index < -0.39 is 11.6 Å². The summed E-state index contributed by atoms with van der Waals surface area (Å²) >= 11 is 0. The maximum atomic E-state index is 13.1. The van der Waals surface area contributed by atoms with Gasteiger partial charge in [0.25, 0.3) is 11.8 Å². The van der Waals surface area contributed by atoms with Gasteiger partial charge in [0.2, 0.25) is 5.88 Å². The summed E-state index contributed by atoms with van der Waals surface area (Å²) in [7, 11) is 1.56. The molecule has 172 valence electrons. The Hall–Kier alpha value is -3.62. The van der Waals surface area contributed by atoms with E-state index in [9.17, 15) is 14.4 Å². The number of hydrogen-bond donors (Lipinski definition) is 2. The lowest BCUT2D eigenvalue weighted by molar-refractivity contribution is -0.127. The van der Waals surface area contributed by atoms with Gasteiger partial charge in [-0.1, -0.05) is 12.1 Å². The van der Waals surface area contributed by atoms with Crippen LogP contribution in [0.2, 0.25) is 0 Å². The number of fused-ring (bicyclic) bond motifs is 1. The van der Waals surface area contributed by atoms with E-state index >= 15 is 0 Å². The first-order valence-corrected chi connectivity index (χ1v) is 11.2. The van der Waals surface area contributed by atoms with Crippen molar-refractivity contribution in [3.63, 3.8) is 0 Å². The number of benzene rings is 1. The molecule has 2 fully saturated rings. The molecule has 0 radical (unpaired) electrons. The second-order valence-electron chi connectivity index (χ2n) is 8.82. The Balaban J connectivity index is 1.32. The fourth-order valence-electron chi connectivity index (χ4n) is 5.19. The number of hydrogen-bond acceptors (Lipinski definition) is 6. The van der Waals surface area contributed by atoms with E-state index in [1.807, 2.05) is 30.3 Å². The summed E-state index contributed by atoms with van der Waals surface area (Å²) in [4.78, 5) is 44.2. The Morgan fingerprint density at radius 2 is 1.94 bits per heavy atom. The van der Waals surface area contributed by atoms with Crippen LogP contribution in [-0.2, 0) is 11.3 Å². The quantitative estimate of drug-likeness (QED) is 0.654. The van der Waals surface area contributed by atoms with Crippen LogP contribution in [0, 0.1) is 5.92 Å². The van der Waals surface area contributed by atoms with Crippen molar-refractivity contribution in [2.45, 2.75) is 43.9 Å². The van der Waals surface area contributed by atoms with Crippen molar-refractivity contribution in [2.75, 3.05) is 13.7 Å². The number of nitrogens with one attached hydrogen (secondary N) is 2. The average molecular weight is 450 g/mol. The predicted octanol–water partition coefficient (Wildman–Crippen LogP) is 2.26. The Labute approximate surface area is 191 Å². The van der Waals surface area contributed by atoms with Gasteiger partial charge in [0.05, 0.1) is 13.7 Å². The zero-order valence-electron chi connectivity index (χ0n) is 18.4. The molecule has 0 bridgehead atoms. The van der Waals surface area contributed by atoms with Gasteiger partial charge < -0.3 is 19.7 Å². The van der Waals surface area contributed by atoms with Crippen LogP contribution in [0.25, 0.3) is 0 Å². The minimum Gasteiger partial charge on any atom is -0.497 e. The highest BCUT2D eigenvalue weighted by molar-refractivity contribution is 6.08. The average Bonchev–Trinajstić information content (AvgIpc) is 3.29. The van der Waals surface area contributed by atoms with E-state index in [2.05, 4.69) is 15.6 Å². The van der Waals surface area contributed by atoms with Crippen LogP contribution < -0.4 is 20.1 Å². The predicted molar refractivity (Wildman–Crippen MR) is 118 cm³/mol. The van der Waals surface area contributed by atoms with E-state index in [1.165, 1.54) is 0 Å². The van der Waals surface area contributed by atoms with E-state index in [0.29, 0.717) is 36.6 Å². The van der Waals surface area contributed by atoms with E-state index in [0.717, 1.165) is 18.4 Å². The van der Waals surface area contributed by atoms with Crippen LogP contribution >= 0.6 is 0 Å². The highest BCUT2D eigenvalue weighted by atomic mass is 16.5. The molecule has 2 aliphatic heterocycles. The number of ether oxygens (including phenoxy) is 2. The maximum Gasteiger partial charge on any atom is 0.322 e. The van der Waals surface area contributed by atoms with Gasteiger partial charge in [0.15, 0.2) is 0 Å². The molecule has 3 aliphatic rings. The smallest absolute Gasteiger partial charge is 0.322 e. The molecule has 4 amide bonds. The summed E-state index contributed by atoms with van der Waals surface area (Å²) in [6.45, 7) is 0.512. The molecular weight excluding hydrogens is 424 g/mol. The van der Waals surface area contributed by atoms with Crippen LogP contribution in [0.1, 0.15) is 41.6 Å². The molecule has 1 aliphatic carbocycles. The summed E-state index contributed by atoms with van der Waals surface area (Å²) < 4.78 is 11.2. The fourth-order valence-corrected chi connectivity index (χ4v) is 5.19. The number of methoxy groups -OCH3 is 1. The first-order chi connectivity index (χ1) is 16.0. The number of carbonyl (C=O) groups excluding carboxylic acids is 3. The number of aromatic nitrogens is 1. The van der Waals surface area contributed by atoms with Crippen molar-refractivity contribution < 1.29 is 23.9 Å². The number of imide groups is 1. The van der Waals surface area contributed by atoms with Gasteiger partial charge in [-0.2, -0.15) is 0 Å². The van der Waals surface area contributed by atoms with Gasteiger partial charge in [-0.05, 0) is 55.4 Å². The summed E-state index contributed by atoms with van der Waals surface area (Å²) in [6, 6.07) is 10.4. The van der Waals surface area contributed by atoms with E-state index in [1.54, 1.807) is 24.3 Å². The van der Waals surface area contributed by atoms with E-state index in [-0.39, 0.29) is 30.4 Å². The number of carbonyl (C=O) groups is 3. The van der Waals surface area contributed by atoms with Gasteiger partial charge in [0.1, 0.15) is 17.4 Å². The second kappa shape index (κ2) is 8.38. The van der Waals surface area contributed by atoms with Crippen LogP contribution in [0.5, 0.6) is 11.6 Å². The molecular formula is C24H26N4O5. The fraction of sp³-hybridized carbons (Fsp3) is 0.417. The van der Waals surface area contributed by atoms with Gasteiger partial charge in [-0.25, -0.2) is 9.78 Å². The molecule has 1 unspecified atom stereocenters. The van der Waals surface area contributed by atoms with Gasteiger partial charge in [-0.15, -0.1) is 0 Å². The van der Waals surface area contributed by atoms with Crippen LogP contribution in [0.15, 0.2) is 42.6 Å². The molecule has 9 heteroatoms. The summed E-state index contributed by atoms with van der Waals surface area (Å²) in [6.07, 6.45) is 4.53. The third-order valence-electron chi connectivity index (χ3n) is 6.90. The highest BCUT2D eigenvalue weighted by Crippen LogP contribution is 2.38. The van der Waals surface area contributed by atoms with Crippen LogP contribution in [0.4, 0.5) is 4.79 Å². The summed E-state index contributed by atoms with van der Waals surface area (Å²) in [5, 5.41) is 5.27. The molecule has 3 heterocycles. The molecule has 2 N–H and O–H groups in total. The molecule has 33 heavy (non-hydrogen) atoms.